The third-order valence-corrected chi connectivity index (χ3v) is 11.4. The van der Waals surface area contributed by atoms with E-state index in [1.54, 1.807) is 10.9 Å². The monoisotopic (exact) mass is 629 g/mol. The van der Waals surface area contributed by atoms with Gasteiger partial charge in [0.2, 0.25) is 0 Å². The van der Waals surface area contributed by atoms with Crippen LogP contribution in [0.4, 0.5) is 8.78 Å². The van der Waals surface area contributed by atoms with Crippen molar-refractivity contribution in [3.05, 3.63) is 77.5 Å². The van der Waals surface area contributed by atoms with Gasteiger partial charge in [-0.25, -0.2) is 0 Å². The number of hydrogen-bond acceptors (Lipinski definition) is 6. The first-order valence-electron chi connectivity index (χ1n) is 12.7. The van der Waals surface area contributed by atoms with Crippen LogP contribution >= 0.6 is 0 Å². The van der Waals surface area contributed by atoms with Crippen molar-refractivity contribution in [2.75, 3.05) is 8.86 Å². The van der Waals surface area contributed by atoms with E-state index in [9.17, 15) is 13.9 Å². The van der Waals surface area contributed by atoms with Crippen LogP contribution in [0.25, 0.3) is 22.6 Å². The van der Waals surface area contributed by atoms with Gasteiger partial charge < -0.3 is 0 Å². The van der Waals surface area contributed by atoms with Crippen molar-refractivity contribution < 1.29 is 35.1 Å². The summed E-state index contributed by atoms with van der Waals surface area (Å²) in [6.45, 7) is 6.82. The summed E-state index contributed by atoms with van der Waals surface area (Å²) in [5, 5.41) is 23.7. The standard InChI is InChI=1S/C28H28F2IN6O/c1-4-16(38)14-37-9-8-21(36-37)23-12-32-13-24(33-23)28-15-31-11-18(27(28,2)3)17-10-22(34-35-26(17)28)25-19(29)6-5-7-20(25)30/h5-10,12-13,16,18,38H,4,11,14-15H2,1-3H3/q-1/t16-,18+,28+/m1/s1. The van der Waals surface area contributed by atoms with Crippen LogP contribution < -0.4 is 21.2 Å². The maximum absolute atomic E-state index is 14.6. The van der Waals surface area contributed by atoms with E-state index in [4.69, 9.17) is 4.98 Å². The normalized spacial score (nSPS) is 22.5. The Morgan fingerprint density at radius 1 is 1.11 bits per heavy atom. The maximum atomic E-state index is 14.6. The van der Waals surface area contributed by atoms with Crippen molar-refractivity contribution in [3.63, 3.8) is 0 Å². The molecule has 0 radical (unpaired) electrons. The molecule has 0 amide bonds. The number of aromatic nitrogens is 6. The molecule has 1 fully saturated rings. The van der Waals surface area contributed by atoms with Crippen molar-refractivity contribution in [2.24, 2.45) is 5.41 Å². The number of aliphatic hydroxyl groups is 1. The van der Waals surface area contributed by atoms with Gasteiger partial charge in [-0.3, -0.25) is 0 Å². The molecule has 4 heterocycles. The summed E-state index contributed by atoms with van der Waals surface area (Å²) in [6, 6.07) is 7.56. The summed E-state index contributed by atoms with van der Waals surface area (Å²) in [5.41, 5.74) is 3.35. The molecule has 7 nitrogen and oxygen atoms in total. The molecule has 1 saturated heterocycles. The molecule has 3 aromatic heterocycles. The third kappa shape index (κ3) is 3.78. The Balaban J connectivity index is 1.46. The third-order valence-electron chi connectivity index (χ3n) is 8.20. The van der Waals surface area contributed by atoms with E-state index in [2.05, 4.69) is 34.1 Å². The number of hydrogen-bond donors (Lipinski definition) is 1. The van der Waals surface area contributed by atoms with E-state index in [-0.39, 0.29) is 43.8 Å². The Morgan fingerprint density at radius 2 is 1.89 bits per heavy atom. The number of alkyl halides is 2. The number of nitrogens with zero attached hydrogens (tertiary/aromatic N) is 6. The molecule has 2 bridgehead atoms. The summed E-state index contributed by atoms with van der Waals surface area (Å²) in [5.74, 6) is -1.11. The summed E-state index contributed by atoms with van der Waals surface area (Å²) >= 11 is -0.169. The van der Waals surface area contributed by atoms with Crippen molar-refractivity contribution in [2.45, 2.75) is 51.2 Å². The minimum absolute atomic E-state index is 0.142. The van der Waals surface area contributed by atoms with Gasteiger partial charge in [0.15, 0.2) is 0 Å². The van der Waals surface area contributed by atoms with Gasteiger partial charge in [-0.15, -0.1) is 0 Å². The number of fused-ring (bicyclic) bond motifs is 5. The van der Waals surface area contributed by atoms with Gasteiger partial charge in [-0.05, 0) is 0 Å². The molecule has 1 aliphatic heterocycles. The van der Waals surface area contributed by atoms with Crippen LogP contribution in [0.1, 0.15) is 50.1 Å². The van der Waals surface area contributed by atoms with E-state index in [0.29, 0.717) is 24.4 Å². The molecule has 3 atom stereocenters. The first kappa shape index (κ1) is 25.4. The van der Waals surface area contributed by atoms with Crippen LogP contribution in [0.15, 0.2) is 48.9 Å². The van der Waals surface area contributed by atoms with Gasteiger partial charge >= 0.3 is 231 Å². The fourth-order valence-corrected chi connectivity index (χ4v) is 10.9. The molecule has 1 N–H and O–H groups in total. The topological polar surface area (TPSA) is 89.6 Å². The van der Waals surface area contributed by atoms with E-state index in [0.717, 1.165) is 25.8 Å². The van der Waals surface area contributed by atoms with Gasteiger partial charge in [-0.1, -0.05) is 0 Å². The quantitative estimate of drug-likeness (QED) is 0.256. The van der Waals surface area contributed by atoms with Crippen molar-refractivity contribution in [1.82, 2.24) is 29.9 Å². The van der Waals surface area contributed by atoms with Crippen LogP contribution in [0.2, 0.25) is 0 Å². The van der Waals surface area contributed by atoms with Crippen LogP contribution in [0.5, 0.6) is 0 Å². The molecule has 198 valence electrons. The van der Waals surface area contributed by atoms with Crippen molar-refractivity contribution >= 4 is 0 Å². The summed E-state index contributed by atoms with van der Waals surface area (Å²) in [4.78, 5) is 9.65. The predicted octanol–water partition coefficient (Wildman–Crippen LogP) is 1.36. The number of rotatable bonds is 6. The Morgan fingerprint density at radius 3 is 2.66 bits per heavy atom. The second-order valence-electron chi connectivity index (χ2n) is 10.6. The summed E-state index contributed by atoms with van der Waals surface area (Å²) in [6.07, 6.45) is 5.55. The van der Waals surface area contributed by atoms with Crippen molar-refractivity contribution in [3.8, 4) is 22.6 Å². The van der Waals surface area contributed by atoms with Gasteiger partial charge in [-0.2, -0.15) is 0 Å². The van der Waals surface area contributed by atoms with Crippen LogP contribution in [-0.2, 0) is 12.0 Å². The number of aliphatic hydroxyl groups excluding tert-OH is 1. The second kappa shape index (κ2) is 9.41. The van der Waals surface area contributed by atoms with E-state index >= 15 is 0 Å². The number of benzene rings is 1. The first-order chi connectivity index (χ1) is 18.3. The molecule has 2 aliphatic rings. The summed E-state index contributed by atoms with van der Waals surface area (Å²) in [7, 11) is 0. The molecule has 1 aromatic carbocycles. The van der Waals surface area contributed by atoms with Crippen LogP contribution in [-0.4, -0.2) is 50.0 Å². The fourth-order valence-electron chi connectivity index (χ4n) is 5.84. The molecule has 1 aliphatic carbocycles. The first-order valence-corrected chi connectivity index (χ1v) is 15.7. The zero-order chi connectivity index (χ0) is 26.7. The van der Waals surface area contributed by atoms with E-state index in [1.807, 2.05) is 31.5 Å². The fraction of sp³-hybridized carbons (Fsp3) is 0.393. The Bertz CT molecular complexity index is 1500. The molecular weight excluding hydrogens is 601 g/mol. The molecule has 0 spiro atoms. The van der Waals surface area contributed by atoms with E-state index in [1.165, 1.54) is 18.2 Å². The SMILES string of the molecule is CC[C@@H](O)Cn1ccc(-c2cncc([C@@]34C[I-]C[C@@H](c5cc(-c6c(F)cccc6F)nnc53)C4(C)C)n2)n1. The van der Waals surface area contributed by atoms with Crippen LogP contribution in [0.3, 0.4) is 0 Å². The molecule has 0 saturated carbocycles. The summed E-state index contributed by atoms with van der Waals surface area (Å²) < 4.78 is 32.9. The van der Waals surface area contributed by atoms with Gasteiger partial charge in [0.1, 0.15) is 0 Å². The Labute approximate surface area is 230 Å². The van der Waals surface area contributed by atoms with Gasteiger partial charge in [0, 0.05) is 0 Å². The molecular formula is C28H28F2IN6O-. The minimum atomic E-state index is -0.647. The molecule has 10 heteroatoms. The van der Waals surface area contributed by atoms with Gasteiger partial charge in [0.05, 0.1) is 0 Å². The molecule has 6 rings (SSSR count). The van der Waals surface area contributed by atoms with Crippen LogP contribution in [0, 0.1) is 17.0 Å². The molecule has 38 heavy (non-hydrogen) atoms. The van der Waals surface area contributed by atoms with E-state index < -0.39 is 23.2 Å². The molecule has 0 unspecified atom stereocenters. The predicted molar refractivity (Wildman–Crippen MR) is 134 cm³/mol. The van der Waals surface area contributed by atoms with Gasteiger partial charge in [0.25, 0.3) is 0 Å². The Kier molecular flexibility index (Phi) is 6.29. The zero-order valence-electron chi connectivity index (χ0n) is 21.4. The molecule has 4 aromatic rings. The Hall–Kier alpha value is -2.86. The zero-order valence-corrected chi connectivity index (χ0v) is 23.5. The number of halogens is 3. The van der Waals surface area contributed by atoms with Crippen molar-refractivity contribution in [1.29, 1.82) is 0 Å². The average Bonchev–Trinajstić information content (AvgIpc) is 3.37. The second-order valence-corrected chi connectivity index (χ2v) is 13.3. The average molecular weight is 629 g/mol.